The number of nitrogens with one attached hydrogen (secondary N) is 1. The SMILES string of the molecule is CCCCCCCCCCCCCCCCCCCCC/C=C/C(O)C(COC1OC(CO)C(O)C(O)C1O)NC(=O)CCCCCCCCCCCCCCCCCCCCCCCCC. The number of unbranched alkanes of at least 4 members (excludes halogenated alkanes) is 41. The third-order valence-electron chi connectivity index (χ3n) is 14.4. The minimum Gasteiger partial charge on any atom is -0.394 e. The van der Waals surface area contributed by atoms with Crippen molar-refractivity contribution in [3.05, 3.63) is 12.2 Å². The summed E-state index contributed by atoms with van der Waals surface area (Å²) in [5, 5.41) is 54.5. The Labute approximate surface area is 414 Å². The number of aliphatic hydroxyl groups excluding tert-OH is 5. The summed E-state index contributed by atoms with van der Waals surface area (Å²) in [6, 6.07) is -0.800. The van der Waals surface area contributed by atoms with Crippen LogP contribution in [0, 0.1) is 0 Å². The van der Waals surface area contributed by atoms with E-state index in [2.05, 4.69) is 19.2 Å². The fraction of sp³-hybridized carbons (Fsp3) is 0.948. The zero-order chi connectivity index (χ0) is 48.7. The molecule has 0 radical (unpaired) electrons. The van der Waals surface area contributed by atoms with Crippen molar-refractivity contribution in [2.45, 2.75) is 339 Å². The Balaban J connectivity index is 2.21. The van der Waals surface area contributed by atoms with Gasteiger partial charge in [0.05, 0.1) is 25.4 Å². The summed E-state index contributed by atoms with van der Waals surface area (Å²) in [5.74, 6) is -0.169. The lowest BCUT2D eigenvalue weighted by molar-refractivity contribution is -0.302. The normalized spacial score (nSPS) is 19.7. The first-order valence-corrected chi connectivity index (χ1v) is 29.4. The Morgan fingerprint density at radius 3 is 1.16 bits per heavy atom. The van der Waals surface area contributed by atoms with Crippen LogP contribution in [0.2, 0.25) is 0 Å². The van der Waals surface area contributed by atoms with Crippen LogP contribution in [0.15, 0.2) is 12.2 Å². The second-order valence-electron chi connectivity index (χ2n) is 20.8. The molecule has 398 valence electrons. The highest BCUT2D eigenvalue weighted by Crippen LogP contribution is 2.23. The second kappa shape index (κ2) is 48.6. The maximum Gasteiger partial charge on any atom is 0.220 e. The average Bonchev–Trinajstić information content (AvgIpc) is 3.33. The number of carbonyl (C=O) groups is 1. The van der Waals surface area contributed by atoms with E-state index in [1.165, 1.54) is 238 Å². The summed E-state index contributed by atoms with van der Waals surface area (Å²) in [6.07, 6.45) is 52.8. The summed E-state index contributed by atoms with van der Waals surface area (Å²) in [7, 11) is 0. The van der Waals surface area contributed by atoms with Crippen LogP contribution >= 0.6 is 0 Å². The number of hydrogen-bond acceptors (Lipinski definition) is 8. The highest BCUT2D eigenvalue weighted by Gasteiger charge is 2.44. The van der Waals surface area contributed by atoms with E-state index < -0.39 is 49.5 Å². The molecule has 67 heavy (non-hydrogen) atoms. The maximum absolute atomic E-state index is 13.1. The van der Waals surface area contributed by atoms with Crippen molar-refractivity contribution in [2.24, 2.45) is 0 Å². The van der Waals surface area contributed by atoms with Crippen LogP contribution in [0.1, 0.15) is 296 Å². The Morgan fingerprint density at radius 1 is 0.493 bits per heavy atom. The van der Waals surface area contributed by atoms with Gasteiger partial charge in [-0.2, -0.15) is 0 Å². The number of aliphatic hydroxyl groups is 5. The van der Waals surface area contributed by atoms with Crippen molar-refractivity contribution in [1.29, 1.82) is 0 Å². The maximum atomic E-state index is 13.1. The predicted molar refractivity (Wildman–Crippen MR) is 281 cm³/mol. The van der Waals surface area contributed by atoms with E-state index in [1.54, 1.807) is 6.08 Å². The van der Waals surface area contributed by atoms with Crippen molar-refractivity contribution in [3.8, 4) is 0 Å². The van der Waals surface area contributed by atoms with Gasteiger partial charge < -0.3 is 40.3 Å². The highest BCUT2D eigenvalue weighted by atomic mass is 16.7. The van der Waals surface area contributed by atoms with E-state index in [-0.39, 0.29) is 12.5 Å². The predicted octanol–water partition coefficient (Wildman–Crippen LogP) is 14.4. The number of allylic oxidation sites excluding steroid dienone is 1. The number of rotatable bonds is 51. The van der Waals surface area contributed by atoms with E-state index in [9.17, 15) is 30.3 Å². The van der Waals surface area contributed by atoms with Crippen LogP contribution in [0.5, 0.6) is 0 Å². The van der Waals surface area contributed by atoms with Crippen molar-refractivity contribution in [1.82, 2.24) is 5.32 Å². The number of ether oxygens (including phenoxy) is 2. The van der Waals surface area contributed by atoms with Gasteiger partial charge in [-0.3, -0.25) is 4.79 Å². The molecule has 1 saturated heterocycles. The Kier molecular flexibility index (Phi) is 46.3. The fourth-order valence-corrected chi connectivity index (χ4v) is 9.69. The van der Waals surface area contributed by atoms with E-state index in [1.807, 2.05) is 6.08 Å². The van der Waals surface area contributed by atoms with Gasteiger partial charge in [0.1, 0.15) is 24.4 Å². The third kappa shape index (κ3) is 38.3. The minimum atomic E-state index is -1.56. The van der Waals surface area contributed by atoms with E-state index in [0.29, 0.717) is 6.42 Å². The first kappa shape index (κ1) is 63.9. The van der Waals surface area contributed by atoms with Gasteiger partial charge in [-0.05, 0) is 19.3 Å². The third-order valence-corrected chi connectivity index (χ3v) is 14.4. The molecule has 1 fully saturated rings. The molecule has 0 spiro atoms. The molecular weight excluding hydrogens is 839 g/mol. The summed E-state index contributed by atoms with van der Waals surface area (Å²) in [6.45, 7) is 3.83. The smallest absolute Gasteiger partial charge is 0.220 e. The van der Waals surface area contributed by atoms with E-state index in [0.717, 1.165) is 38.5 Å². The molecule has 0 saturated carbocycles. The van der Waals surface area contributed by atoms with Crippen LogP contribution in [0.25, 0.3) is 0 Å². The molecule has 0 aromatic heterocycles. The Hall–Kier alpha value is -1.07. The number of carbonyl (C=O) groups excluding carboxylic acids is 1. The largest absolute Gasteiger partial charge is 0.394 e. The van der Waals surface area contributed by atoms with Crippen molar-refractivity contribution < 1.29 is 39.8 Å². The number of amides is 1. The minimum absolute atomic E-state index is 0.169. The van der Waals surface area contributed by atoms with Gasteiger partial charge in [0.2, 0.25) is 5.91 Å². The lowest BCUT2D eigenvalue weighted by Gasteiger charge is -2.40. The lowest BCUT2D eigenvalue weighted by Crippen LogP contribution is -2.60. The van der Waals surface area contributed by atoms with Crippen molar-refractivity contribution >= 4 is 5.91 Å². The van der Waals surface area contributed by atoms with Gasteiger partial charge in [0, 0.05) is 6.42 Å². The lowest BCUT2D eigenvalue weighted by atomic mass is 9.99. The first-order valence-electron chi connectivity index (χ1n) is 29.4. The average molecular weight is 953 g/mol. The Morgan fingerprint density at radius 2 is 0.821 bits per heavy atom. The van der Waals surface area contributed by atoms with E-state index in [4.69, 9.17) is 9.47 Å². The van der Waals surface area contributed by atoms with Gasteiger partial charge in [-0.25, -0.2) is 0 Å². The summed E-state index contributed by atoms with van der Waals surface area (Å²) >= 11 is 0. The first-order chi connectivity index (χ1) is 32.8. The van der Waals surface area contributed by atoms with Crippen LogP contribution in [-0.4, -0.2) is 87.5 Å². The number of hydrogen-bond donors (Lipinski definition) is 6. The molecule has 1 heterocycles. The second-order valence-corrected chi connectivity index (χ2v) is 20.8. The van der Waals surface area contributed by atoms with Gasteiger partial charge in [-0.1, -0.05) is 283 Å². The molecule has 0 aliphatic carbocycles. The zero-order valence-corrected chi connectivity index (χ0v) is 44.2. The molecule has 7 unspecified atom stereocenters. The molecule has 6 N–H and O–H groups in total. The molecule has 7 atom stereocenters. The van der Waals surface area contributed by atoms with Crippen LogP contribution in [-0.2, 0) is 14.3 Å². The topological polar surface area (TPSA) is 149 Å². The molecule has 1 aliphatic rings. The summed E-state index contributed by atoms with van der Waals surface area (Å²) < 4.78 is 11.3. The highest BCUT2D eigenvalue weighted by molar-refractivity contribution is 5.76. The van der Waals surface area contributed by atoms with Gasteiger partial charge in [0.25, 0.3) is 0 Å². The van der Waals surface area contributed by atoms with E-state index >= 15 is 0 Å². The van der Waals surface area contributed by atoms with Crippen molar-refractivity contribution in [2.75, 3.05) is 13.2 Å². The van der Waals surface area contributed by atoms with Crippen LogP contribution < -0.4 is 5.32 Å². The molecule has 1 aliphatic heterocycles. The summed E-state index contributed by atoms with van der Waals surface area (Å²) in [4.78, 5) is 13.1. The molecule has 9 nitrogen and oxygen atoms in total. The molecule has 9 heteroatoms. The molecule has 0 aromatic rings. The van der Waals surface area contributed by atoms with Gasteiger partial charge >= 0.3 is 0 Å². The van der Waals surface area contributed by atoms with Crippen LogP contribution in [0.4, 0.5) is 0 Å². The van der Waals surface area contributed by atoms with Gasteiger partial charge in [-0.15, -0.1) is 0 Å². The molecule has 0 aromatic carbocycles. The van der Waals surface area contributed by atoms with Crippen LogP contribution in [0.3, 0.4) is 0 Å². The zero-order valence-electron chi connectivity index (χ0n) is 44.2. The molecule has 1 amide bonds. The molecular formula is C58H113NO8. The monoisotopic (exact) mass is 952 g/mol. The quantitative estimate of drug-likeness (QED) is 0.0261. The summed E-state index contributed by atoms with van der Waals surface area (Å²) in [5.41, 5.74) is 0. The van der Waals surface area contributed by atoms with Crippen molar-refractivity contribution in [3.63, 3.8) is 0 Å². The fourth-order valence-electron chi connectivity index (χ4n) is 9.69. The standard InChI is InChI=1S/C58H113NO8/c1-3-5-7-9-11-13-15-17-19-21-23-25-26-28-30-32-34-36-38-40-42-44-46-48-54(62)59-51(50-66-58-57(65)56(64)55(63)53(49-60)67-58)52(61)47-45-43-41-39-37-35-33-31-29-27-24-22-20-18-16-14-12-10-8-6-4-2/h45,47,51-53,55-58,60-61,63-65H,3-44,46,48-50H2,1-2H3,(H,59,62)/b47-45+. The van der Waals surface area contributed by atoms with Gasteiger partial charge in [0.15, 0.2) is 6.29 Å². The molecule has 1 rings (SSSR count). The molecule has 0 bridgehead atoms. The Bertz CT molecular complexity index is 1060.